The molecule has 2 aromatic rings. The Labute approximate surface area is 133 Å². The highest BCUT2D eigenvalue weighted by molar-refractivity contribution is 5.94. The fraction of sp³-hybridized carbons (Fsp3) is 0.235. The van der Waals surface area contributed by atoms with Crippen molar-refractivity contribution >= 4 is 11.6 Å². The number of alkyl halides is 2. The number of halogens is 2. The molecule has 6 heteroatoms. The lowest BCUT2D eigenvalue weighted by Crippen LogP contribution is -2.30. The van der Waals surface area contributed by atoms with E-state index in [1.54, 1.807) is 19.1 Å². The van der Waals surface area contributed by atoms with Gasteiger partial charge in [-0.05, 0) is 50.2 Å². The average molecular weight is 321 g/mol. The van der Waals surface area contributed by atoms with Crippen molar-refractivity contribution in [3.63, 3.8) is 0 Å². The third-order valence-electron chi connectivity index (χ3n) is 3.05. The van der Waals surface area contributed by atoms with Crippen LogP contribution < -0.4 is 14.8 Å². The van der Waals surface area contributed by atoms with E-state index >= 15 is 0 Å². The molecule has 0 aliphatic carbocycles. The van der Waals surface area contributed by atoms with Crippen LogP contribution in [0.15, 0.2) is 48.5 Å². The van der Waals surface area contributed by atoms with Crippen molar-refractivity contribution in [2.24, 2.45) is 0 Å². The Bertz CT molecular complexity index is 642. The van der Waals surface area contributed by atoms with E-state index in [0.29, 0.717) is 11.4 Å². The van der Waals surface area contributed by atoms with Gasteiger partial charge in [-0.3, -0.25) is 4.79 Å². The van der Waals surface area contributed by atoms with Crippen molar-refractivity contribution in [2.45, 2.75) is 26.6 Å². The maximum Gasteiger partial charge on any atom is 0.387 e. The van der Waals surface area contributed by atoms with Crippen LogP contribution in [0, 0.1) is 6.92 Å². The van der Waals surface area contributed by atoms with Gasteiger partial charge in [0.05, 0.1) is 0 Å². The maximum absolute atomic E-state index is 12.1. The number of aryl methyl sites for hydroxylation is 1. The van der Waals surface area contributed by atoms with Crippen LogP contribution in [0.3, 0.4) is 0 Å². The quantitative estimate of drug-likeness (QED) is 0.875. The average Bonchev–Trinajstić information content (AvgIpc) is 2.51. The van der Waals surface area contributed by atoms with E-state index in [4.69, 9.17) is 4.74 Å². The van der Waals surface area contributed by atoms with Crippen molar-refractivity contribution < 1.29 is 23.0 Å². The predicted molar refractivity (Wildman–Crippen MR) is 83.0 cm³/mol. The SMILES string of the molecule is Cc1ccc(OC(C)C(=O)Nc2ccc(OC(F)F)cc2)cc1. The molecule has 1 amide bonds. The summed E-state index contributed by atoms with van der Waals surface area (Å²) in [5.74, 6) is 0.286. The highest BCUT2D eigenvalue weighted by atomic mass is 19.3. The molecule has 122 valence electrons. The molecule has 1 N–H and O–H groups in total. The molecular formula is C17H17F2NO3. The molecule has 4 nitrogen and oxygen atoms in total. The summed E-state index contributed by atoms with van der Waals surface area (Å²) in [6.07, 6.45) is -0.699. The van der Waals surface area contributed by atoms with Crippen LogP contribution in [0.5, 0.6) is 11.5 Å². The monoisotopic (exact) mass is 321 g/mol. The van der Waals surface area contributed by atoms with Gasteiger partial charge in [0.25, 0.3) is 5.91 Å². The van der Waals surface area contributed by atoms with E-state index < -0.39 is 12.7 Å². The van der Waals surface area contributed by atoms with Gasteiger partial charge in [0.15, 0.2) is 6.10 Å². The van der Waals surface area contributed by atoms with Crippen LogP contribution in [0.2, 0.25) is 0 Å². The standard InChI is InChI=1S/C17H17F2NO3/c1-11-3-7-14(8-4-11)22-12(2)16(21)20-13-5-9-15(10-6-13)23-17(18)19/h3-10,12,17H,1-2H3,(H,20,21). The van der Waals surface area contributed by atoms with E-state index in [1.165, 1.54) is 24.3 Å². The number of rotatable bonds is 6. The van der Waals surface area contributed by atoms with Gasteiger partial charge >= 0.3 is 6.61 Å². The summed E-state index contributed by atoms with van der Waals surface area (Å²) in [5, 5.41) is 2.65. The third kappa shape index (κ3) is 5.25. The fourth-order valence-electron chi connectivity index (χ4n) is 1.84. The van der Waals surface area contributed by atoms with Crippen LogP contribution in [0.25, 0.3) is 0 Å². The summed E-state index contributed by atoms with van der Waals surface area (Å²) < 4.78 is 33.9. The summed E-state index contributed by atoms with van der Waals surface area (Å²) >= 11 is 0. The zero-order valence-corrected chi connectivity index (χ0v) is 12.8. The lowest BCUT2D eigenvalue weighted by molar-refractivity contribution is -0.122. The highest BCUT2D eigenvalue weighted by Crippen LogP contribution is 2.18. The number of ether oxygens (including phenoxy) is 2. The van der Waals surface area contributed by atoms with Crippen LogP contribution in [0.1, 0.15) is 12.5 Å². The number of hydrogen-bond donors (Lipinski definition) is 1. The number of carbonyl (C=O) groups is 1. The molecule has 0 bridgehead atoms. The Kier molecular flexibility index (Phi) is 5.51. The minimum absolute atomic E-state index is 0.0296. The van der Waals surface area contributed by atoms with Gasteiger partial charge in [-0.25, -0.2) is 0 Å². The molecule has 1 unspecified atom stereocenters. The number of anilines is 1. The first-order valence-electron chi connectivity index (χ1n) is 7.03. The van der Waals surface area contributed by atoms with E-state index in [0.717, 1.165) is 5.56 Å². The lowest BCUT2D eigenvalue weighted by atomic mass is 10.2. The normalized spacial score (nSPS) is 11.9. The van der Waals surface area contributed by atoms with Crippen LogP contribution in [-0.2, 0) is 4.79 Å². The Morgan fingerprint density at radius 1 is 0.957 bits per heavy atom. The summed E-state index contributed by atoms with van der Waals surface area (Å²) in [7, 11) is 0. The summed E-state index contributed by atoms with van der Waals surface area (Å²) in [6.45, 7) is 0.712. The smallest absolute Gasteiger partial charge is 0.387 e. The minimum Gasteiger partial charge on any atom is -0.481 e. The van der Waals surface area contributed by atoms with Crippen molar-refractivity contribution in [3.8, 4) is 11.5 Å². The Balaban J connectivity index is 1.91. The molecule has 0 fully saturated rings. The van der Waals surface area contributed by atoms with Gasteiger partial charge in [-0.15, -0.1) is 0 Å². The molecule has 0 aromatic heterocycles. The van der Waals surface area contributed by atoms with Crippen molar-refractivity contribution in [2.75, 3.05) is 5.32 Å². The number of nitrogens with one attached hydrogen (secondary N) is 1. The zero-order chi connectivity index (χ0) is 16.8. The maximum atomic E-state index is 12.1. The minimum atomic E-state index is -2.88. The van der Waals surface area contributed by atoms with Crippen LogP contribution >= 0.6 is 0 Å². The second kappa shape index (κ2) is 7.58. The fourth-order valence-corrected chi connectivity index (χ4v) is 1.84. The number of benzene rings is 2. The Morgan fingerprint density at radius 2 is 1.48 bits per heavy atom. The summed E-state index contributed by atoms with van der Waals surface area (Å²) in [4.78, 5) is 12.1. The van der Waals surface area contributed by atoms with Crippen molar-refractivity contribution in [3.05, 3.63) is 54.1 Å². The van der Waals surface area contributed by atoms with Crippen molar-refractivity contribution in [1.82, 2.24) is 0 Å². The highest BCUT2D eigenvalue weighted by Gasteiger charge is 2.15. The first-order valence-corrected chi connectivity index (χ1v) is 7.03. The second-order valence-corrected chi connectivity index (χ2v) is 4.97. The zero-order valence-electron chi connectivity index (χ0n) is 12.8. The molecule has 0 heterocycles. The molecule has 1 atom stereocenters. The summed E-state index contributed by atoms with van der Waals surface area (Å²) in [6, 6.07) is 13.0. The van der Waals surface area contributed by atoms with E-state index in [-0.39, 0.29) is 11.7 Å². The molecule has 0 saturated carbocycles. The molecule has 23 heavy (non-hydrogen) atoms. The number of amides is 1. The Morgan fingerprint density at radius 3 is 2.04 bits per heavy atom. The van der Waals surface area contributed by atoms with E-state index in [9.17, 15) is 13.6 Å². The topological polar surface area (TPSA) is 47.6 Å². The molecule has 0 saturated heterocycles. The molecule has 2 rings (SSSR count). The van der Waals surface area contributed by atoms with Gasteiger partial charge in [-0.1, -0.05) is 17.7 Å². The first kappa shape index (κ1) is 16.7. The number of carbonyl (C=O) groups excluding carboxylic acids is 1. The van der Waals surface area contributed by atoms with E-state index in [2.05, 4.69) is 10.1 Å². The largest absolute Gasteiger partial charge is 0.481 e. The van der Waals surface area contributed by atoms with Gasteiger partial charge in [0, 0.05) is 5.69 Å². The van der Waals surface area contributed by atoms with Gasteiger partial charge in [0.1, 0.15) is 11.5 Å². The predicted octanol–water partition coefficient (Wildman–Crippen LogP) is 4.00. The molecular weight excluding hydrogens is 304 g/mol. The van der Waals surface area contributed by atoms with Gasteiger partial charge in [0.2, 0.25) is 0 Å². The molecule has 0 aliphatic heterocycles. The molecule has 0 aliphatic rings. The van der Waals surface area contributed by atoms with E-state index in [1.807, 2.05) is 19.1 Å². The molecule has 0 spiro atoms. The second-order valence-electron chi connectivity index (χ2n) is 4.97. The van der Waals surface area contributed by atoms with Crippen LogP contribution in [0.4, 0.5) is 14.5 Å². The van der Waals surface area contributed by atoms with Crippen molar-refractivity contribution in [1.29, 1.82) is 0 Å². The van der Waals surface area contributed by atoms with Gasteiger partial charge < -0.3 is 14.8 Å². The summed E-state index contributed by atoms with van der Waals surface area (Å²) in [5.41, 5.74) is 1.57. The molecule has 2 aromatic carbocycles. The Hall–Kier alpha value is -2.63. The molecule has 0 radical (unpaired) electrons. The first-order chi connectivity index (χ1) is 10.9. The van der Waals surface area contributed by atoms with Crippen LogP contribution in [-0.4, -0.2) is 18.6 Å². The lowest BCUT2D eigenvalue weighted by Gasteiger charge is -2.15. The van der Waals surface area contributed by atoms with Gasteiger partial charge in [-0.2, -0.15) is 8.78 Å². The third-order valence-corrected chi connectivity index (χ3v) is 3.05. The number of hydrogen-bond acceptors (Lipinski definition) is 3.